The molecular weight excluding hydrogens is 516 g/mol. The number of aliphatic hydroxyl groups excluding tert-OH is 2. The molecule has 41 heavy (non-hydrogen) atoms. The molecule has 1 aromatic carbocycles. The Morgan fingerprint density at radius 3 is 2.56 bits per heavy atom. The monoisotopic (exact) mass is 558 g/mol. The second-order valence-electron chi connectivity index (χ2n) is 12.0. The van der Waals surface area contributed by atoms with E-state index >= 15 is 0 Å². The van der Waals surface area contributed by atoms with Crippen LogP contribution in [0.25, 0.3) is 11.2 Å². The number of nitrogens with one attached hydrogen (secondary N) is 1. The van der Waals surface area contributed by atoms with E-state index in [1.165, 1.54) is 24.8 Å². The van der Waals surface area contributed by atoms with Crippen molar-refractivity contribution in [2.24, 2.45) is 17.8 Å². The van der Waals surface area contributed by atoms with Gasteiger partial charge in [-0.05, 0) is 62.8 Å². The van der Waals surface area contributed by atoms with Crippen molar-refractivity contribution in [2.75, 3.05) is 36.6 Å². The lowest BCUT2D eigenvalue weighted by molar-refractivity contribution is 0.0889. The summed E-state index contributed by atoms with van der Waals surface area (Å²) in [5.74, 6) is 6.09. The van der Waals surface area contributed by atoms with Crippen molar-refractivity contribution in [3.05, 3.63) is 41.7 Å². The largest absolute Gasteiger partial charge is 0.393 e. The first-order valence-electron chi connectivity index (χ1n) is 15.2. The van der Waals surface area contributed by atoms with E-state index in [4.69, 9.17) is 26.1 Å². The van der Waals surface area contributed by atoms with Crippen molar-refractivity contribution in [3.8, 4) is 12.3 Å². The smallest absolute Gasteiger partial charge is 0.208 e. The molecule has 2 aliphatic carbocycles. The number of morpholine rings is 1. The Bertz CT molecular complexity index is 1360. The topological polar surface area (TPSA) is 109 Å². The lowest BCUT2D eigenvalue weighted by atomic mass is 9.80. The standard InChI is InChI=1S/C32H42N6O3/c1-3-22-12-14-23(15-13-22)18-38-28-30(33-21(2)24-10-7-11-24)34-29(27(40)19-39)35-31(28)36-32(38)37-16-17-41-20-26(37)25-8-5-4-6-9-25/h1,4-6,8-9,21-24,26-27,39-40H,7,10-20H2,2H3,(H,33,34,35). The molecule has 3 unspecified atom stereocenters. The minimum atomic E-state index is -1.17. The third-order valence-electron chi connectivity index (χ3n) is 9.39. The Morgan fingerprint density at radius 2 is 1.88 bits per heavy atom. The van der Waals surface area contributed by atoms with E-state index in [9.17, 15) is 10.2 Å². The summed E-state index contributed by atoms with van der Waals surface area (Å²) in [5.41, 5.74) is 2.58. The highest BCUT2D eigenvalue weighted by molar-refractivity contribution is 5.86. The Hall–Kier alpha value is -3.19. The fourth-order valence-corrected chi connectivity index (χ4v) is 6.60. The van der Waals surface area contributed by atoms with Crippen LogP contribution in [0.3, 0.4) is 0 Å². The number of terminal acetylenes is 1. The highest BCUT2D eigenvalue weighted by atomic mass is 16.5. The Labute approximate surface area is 242 Å². The van der Waals surface area contributed by atoms with E-state index in [1.54, 1.807) is 0 Å². The van der Waals surface area contributed by atoms with E-state index in [0.717, 1.165) is 43.7 Å². The van der Waals surface area contributed by atoms with E-state index in [0.29, 0.717) is 49.0 Å². The van der Waals surface area contributed by atoms with Crippen LogP contribution in [0.4, 0.5) is 11.8 Å². The number of rotatable bonds is 9. The van der Waals surface area contributed by atoms with Gasteiger partial charge in [0.15, 0.2) is 17.3 Å². The van der Waals surface area contributed by atoms with Crippen molar-refractivity contribution in [1.29, 1.82) is 0 Å². The summed E-state index contributed by atoms with van der Waals surface area (Å²) in [6.45, 7) is 4.44. The average Bonchev–Trinajstić information content (AvgIpc) is 3.34. The lowest BCUT2D eigenvalue weighted by Crippen LogP contribution is -2.41. The molecular formula is C32H42N6O3. The van der Waals surface area contributed by atoms with Gasteiger partial charge >= 0.3 is 0 Å². The zero-order valence-electron chi connectivity index (χ0n) is 24.0. The molecule has 3 fully saturated rings. The van der Waals surface area contributed by atoms with Gasteiger partial charge in [0.1, 0.15) is 11.6 Å². The van der Waals surface area contributed by atoms with Crippen LogP contribution in [-0.4, -0.2) is 62.1 Å². The molecule has 3 atom stereocenters. The van der Waals surface area contributed by atoms with Crippen LogP contribution >= 0.6 is 0 Å². The molecule has 2 aromatic heterocycles. The van der Waals surface area contributed by atoms with Crippen LogP contribution in [0, 0.1) is 30.1 Å². The van der Waals surface area contributed by atoms with Crippen LogP contribution in [0.5, 0.6) is 0 Å². The van der Waals surface area contributed by atoms with Gasteiger partial charge in [-0.3, -0.25) is 0 Å². The molecule has 0 radical (unpaired) electrons. The van der Waals surface area contributed by atoms with Gasteiger partial charge < -0.3 is 29.7 Å². The number of nitrogens with zero attached hydrogens (tertiary/aromatic N) is 5. The number of imidazole rings is 1. The van der Waals surface area contributed by atoms with Crippen LogP contribution in [0.1, 0.15) is 75.4 Å². The first-order chi connectivity index (χ1) is 20.1. The normalized spacial score (nSPS) is 24.9. The highest BCUT2D eigenvalue weighted by Crippen LogP contribution is 2.38. The molecule has 0 amide bonds. The van der Waals surface area contributed by atoms with Gasteiger partial charge in [0.05, 0.1) is 25.9 Å². The summed E-state index contributed by atoms with van der Waals surface area (Å²) in [5, 5.41) is 24.0. The van der Waals surface area contributed by atoms with Crippen molar-refractivity contribution in [3.63, 3.8) is 0 Å². The molecule has 2 saturated carbocycles. The fourth-order valence-electron chi connectivity index (χ4n) is 6.60. The van der Waals surface area contributed by atoms with E-state index < -0.39 is 12.7 Å². The number of aromatic nitrogens is 4. The summed E-state index contributed by atoms with van der Waals surface area (Å²) in [6, 6.07) is 10.7. The van der Waals surface area contributed by atoms with Gasteiger partial charge in [-0.25, -0.2) is 9.97 Å². The average molecular weight is 559 g/mol. The molecule has 9 nitrogen and oxygen atoms in total. The predicted molar refractivity (Wildman–Crippen MR) is 159 cm³/mol. The predicted octanol–water partition coefficient (Wildman–Crippen LogP) is 4.47. The first-order valence-corrected chi connectivity index (χ1v) is 15.2. The molecule has 3 heterocycles. The molecule has 0 bridgehead atoms. The molecule has 6 rings (SSSR count). The molecule has 1 saturated heterocycles. The number of fused-ring (bicyclic) bond motifs is 1. The van der Waals surface area contributed by atoms with Crippen LogP contribution in [-0.2, 0) is 11.3 Å². The third-order valence-corrected chi connectivity index (χ3v) is 9.39. The molecule has 3 N–H and O–H groups in total. The summed E-state index contributed by atoms with van der Waals surface area (Å²) in [7, 11) is 0. The van der Waals surface area contributed by atoms with Crippen molar-refractivity contribution in [2.45, 2.75) is 76.6 Å². The maximum Gasteiger partial charge on any atom is 0.208 e. The van der Waals surface area contributed by atoms with Gasteiger partial charge in [0.2, 0.25) is 5.95 Å². The summed E-state index contributed by atoms with van der Waals surface area (Å²) in [4.78, 5) is 17.0. The van der Waals surface area contributed by atoms with E-state index in [-0.39, 0.29) is 17.9 Å². The van der Waals surface area contributed by atoms with Gasteiger partial charge in [0.25, 0.3) is 0 Å². The Balaban J connectivity index is 1.47. The van der Waals surface area contributed by atoms with Crippen LogP contribution < -0.4 is 10.2 Å². The van der Waals surface area contributed by atoms with Gasteiger partial charge in [-0.2, -0.15) is 4.98 Å². The summed E-state index contributed by atoms with van der Waals surface area (Å²) >= 11 is 0. The second-order valence-corrected chi connectivity index (χ2v) is 12.0. The fraction of sp³-hybridized carbons (Fsp3) is 0.594. The van der Waals surface area contributed by atoms with Crippen molar-refractivity contribution in [1.82, 2.24) is 19.5 Å². The number of benzene rings is 1. The minimum absolute atomic E-state index is 0.0125. The van der Waals surface area contributed by atoms with Gasteiger partial charge in [0, 0.05) is 25.0 Å². The number of ether oxygens (including phenoxy) is 1. The zero-order chi connectivity index (χ0) is 28.3. The zero-order valence-corrected chi connectivity index (χ0v) is 24.0. The maximum atomic E-state index is 10.6. The number of aliphatic hydroxyl groups is 2. The van der Waals surface area contributed by atoms with Gasteiger partial charge in [-0.1, -0.05) is 36.8 Å². The molecule has 0 spiro atoms. The Morgan fingerprint density at radius 1 is 1.10 bits per heavy atom. The number of hydrogen-bond donors (Lipinski definition) is 3. The molecule has 218 valence electrons. The quantitative estimate of drug-likeness (QED) is 0.330. The third kappa shape index (κ3) is 5.78. The van der Waals surface area contributed by atoms with Crippen LogP contribution in [0.2, 0.25) is 0 Å². The molecule has 9 heteroatoms. The first kappa shape index (κ1) is 28.0. The lowest BCUT2D eigenvalue weighted by Gasteiger charge is -2.37. The summed E-state index contributed by atoms with van der Waals surface area (Å²) < 4.78 is 8.27. The number of anilines is 2. The van der Waals surface area contributed by atoms with Crippen molar-refractivity contribution < 1.29 is 14.9 Å². The molecule has 1 aliphatic heterocycles. The summed E-state index contributed by atoms with van der Waals surface area (Å²) in [6.07, 6.45) is 12.5. The van der Waals surface area contributed by atoms with Crippen molar-refractivity contribution >= 4 is 22.9 Å². The Kier molecular flexibility index (Phi) is 8.42. The van der Waals surface area contributed by atoms with E-state index in [1.807, 2.05) is 6.07 Å². The molecule has 3 aliphatic rings. The number of hydrogen-bond acceptors (Lipinski definition) is 8. The second kappa shape index (κ2) is 12.4. The van der Waals surface area contributed by atoms with Crippen LogP contribution in [0.15, 0.2) is 30.3 Å². The van der Waals surface area contributed by atoms with E-state index in [2.05, 4.69) is 51.9 Å². The minimum Gasteiger partial charge on any atom is -0.393 e. The SMILES string of the molecule is C#CC1CCC(Cn2c(N3CCOCC3c3ccccc3)nc3nc(C(O)CO)nc(NC(C)C4CCC4)c32)CC1. The molecule has 3 aromatic rings. The van der Waals surface area contributed by atoms with Gasteiger partial charge in [-0.15, -0.1) is 12.3 Å². The maximum absolute atomic E-state index is 10.6. The highest BCUT2D eigenvalue weighted by Gasteiger charge is 2.33.